The molecule has 1 heterocycles. The van der Waals surface area contributed by atoms with Gasteiger partial charge in [0.05, 0.1) is 6.61 Å². The molecule has 0 spiro atoms. The number of hydrogen-bond acceptors (Lipinski definition) is 1. The minimum absolute atomic E-state index is 0.590. The van der Waals surface area contributed by atoms with Crippen LogP contribution < -0.4 is 4.74 Å². The standard InChI is InChI=1S/C13H17ClO/c1-8(2)10-6-7-15-12-5-4-11(14)9(3)13(10)12/h4-5,8,10H,6-7H2,1-3H3. The molecule has 0 aliphatic carbocycles. The molecule has 0 saturated heterocycles. The summed E-state index contributed by atoms with van der Waals surface area (Å²) in [5.74, 6) is 2.26. The molecule has 0 amide bonds. The minimum atomic E-state index is 0.590. The summed E-state index contributed by atoms with van der Waals surface area (Å²) in [6.07, 6.45) is 1.10. The van der Waals surface area contributed by atoms with E-state index in [0.29, 0.717) is 11.8 Å². The summed E-state index contributed by atoms with van der Waals surface area (Å²) in [7, 11) is 0. The molecule has 82 valence electrons. The van der Waals surface area contributed by atoms with Crippen molar-refractivity contribution in [3.63, 3.8) is 0 Å². The van der Waals surface area contributed by atoms with Crippen LogP contribution in [0.4, 0.5) is 0 Å². The van der Waals surface area contributed by atoms with Crippen molar-refractivity contribution in [1.29, 1.82) is 0 Å². The molecule has 1 aliphatic rings. The number of rotatable bonds is 1. The lowest BCUT2D eigenvalue weighted by atomic mass is 9.82. The molecule has 1 aliphatic heterocycles. The lowest BCUT2D eigenvalue weighted by Gasteiger charge is -2.30. The molecule has 1 atom stereocenters. The summed E-state index contributed by atoms with van der Waals surface area (Å²) in [4.78, 5) is 0. The van der Waals surface area contributed by atoms with Gasteiger partial charge in [0, 0.05) is 10.6 Å². The molecule has 1 aromatic rings. The summed E-state index contributed by atoms with van der Waals surface area (Å²) < 4.78 is 5.68. The minimum Gasteiger partial charge on any atom is -0.493 e. The van der Waals surface area contributed by atoms with E-state index in [0.717, 1.165) is 23.8 Å². The van der Waals surface area contributed by atoms with Gasteiger partial charge in [-0.1, -0.05) is 25.4 Å². The van der Waals surface area contributed by atoms with E-state index in [-0.39, 0.29) is 0 Å². The van der Waals surface area contributed by atoms with Crippen molar-refractivity contribution >= 4 is 11.6 Å². The predicted octanol–water partition coefficient (Wildman–Crippen LogP) is 4.17. The number of ether oxygens (including phenoxy) is 1. The maximum atomic E-state index is 6.16. The zero-order valence-corrected chi connectivity index (χ0v) is 10.3. The molecule has 1 unspecified atom stereocenters. The molecular weight excluding hydrogens is 208 g/mol. The van der Waals surface area contributed by atoms with Gasteiger partial charge in [-0.15, -0.1) is 0 Å². The number of fused-ring (bicyclic) bond motifs is 1. The molecule has 0 saturated carbocycles. The highest BCUT2D eigenvalue weighted by Gasteiger charge is 2.26. The molecule has 1 nitrogen and oxygen atoms in total. The molecule has 0 N–H and O–H groups in total. The second-order valence-electron chi connectivity index (χ2n) is 4.57. The van der Waals surface area contributed by atoms with E-state index in [9.17, 15) is 0 Å². The van der Waals surface area contributed by atoms with Crippen LogP contribution >= 0.6 is 11.6 Å². The van der Waals surface area contributed by atoms with Crippen LogP contribution in [0, 0.1) is 12.8 Å². The maximum absolute atomic E-state index is 6.16. The van der Waals surface area contributed by atoms with Crippen LogP contribution in [0.1, 0.15) is 37.3 Å². The Morgan fingerprint density at radius 1 is 1.40 bits per heavy atom. The van der Waals surface area contributed by atoms with Gasteiger partial charge < -0.3 is 4.74 Å². The smallest absolute Gasteiger partial charge is 0.123 e. The summed E-state index contributed by atoms with van der Waals surface area (Å²) in [6.45, 7) is 7.45. The Balaban J connectivity index is 2.53. The van der Waals surface area contributed by atoms with Gasteiger partial charge in [0.2, 0.25) is 0 Å². The van der Waals surface area contributed by atoms with Gasteiger partial charge in [0.15, 0.2) is 0 Å². The topological polar surface area (TPSA) is 9.23 Å². The zero-order chi connectivity index (χ0) is 11.0. The van der Waals surface area contributed by atoms with Crippen LogP contribution in [0.3, 0.4) is 0 Å². The van der Waals surface area contributed by atoms with Gasteiger partial charge in [-0.3, -0.25) is 0 Å². The molecule has 1 aromatic carbocycles. The van der Waals surface area contributed by atoms with E-state index in [1.165, 1.54) is 11.1 Å². The van der Waals surface area contributed by atoms with Gasteiger partial charge in [0.25, 0.3) is 0 Å². The first-order chi connectivity index (χ1) is 7.11. The average molecular weight is 225 g/mol. The van der Waals surface area contributed by atoms with E-state index < -0.39 is 0 Å². The Bertz CT molecular complexity index is 371. The second-order valence-corrected chi connectivity index (χ2v) is 4.98. The van der Waals surface area contributed by atoms with Gasteiger partial charge in [-0.25, -0.2) is 0 Å². The Kier molecular flexibility index (Phi) is 2.92. The van der Waals surface area contributed by atoms with Crippen LogP contribution in [0.25, 0.3) is 0 Å². The van der Waals surface area contributed by atoms with Gasteiger partial charge >= 0.3 is 0 Å². The van der Waals surface area contributed by atoms with Crippen molar-refractivity contribution in [1.82, 2.24) is 0 Å². The molecule has 0 fully saturated rings. The third kappa shape index (κ3) is 1.85. The molecule has 0 radical (unpaired) electrons. The molecule has 15 heavy (non-hydrogen) atoms. The fraction of sp³-hybridized carbons (Fsp3) is 0.538. The first-order valence-corrected chi connectivity index (χ1v) is 5.91. The molecule has 2 rings (SSSR count). The van der Waals surface area contributed by atoms with Crippen LogP contribution in [-0.4, -0.2) is 6.61 Å². The fourth-order valence-electron chi connectivity index (χ4n) is 2.37. The summed E-state index contributed by atoms with van der Waals surface area (Å²) >= 11 is 6.16. The Morgan fingerprint density at radius 2 is 2.13 bits per heavy atom. The van der Waals surface area contributed by atoms with Gasteiger partial charge in [0.1, 0.15) is 5.75 Å². The van der Waals surface area contributed by atoms with Crippen molar-refractivity contribution in [3.8, 4) is 5.75 Å². The zero-order valence-electron chi connectivity index (χ0n) is 9.51. The highest BCUT2D eigenvalue weighted by Crippen LogP contribution is 2.42. The average Bonchev–Trinajstić information content (AvgIpc) is 2.23. The quantitative estimate of drug-likeness (QED) is 0.696. The summed E-state index contributed by atoms with van der Waals surface area (Å²) in [6, 6.07) is 3.93. The monoisotopic (exact) mass is 224 g/mol. The van der Waals surface area contributed by atoms with E-state index in [1.807, 2.05) is 12.1 Å². The Morgan fingerprint density at radius 3 is 2.80 bits per heavy atom. The third-order valence-corrected chi connectivity index (χ3v) is 3.68. The van der Waals surface area contributed by atoms with Crippen molar-refractivity contribution in [2.24, 2.45) is 5.92 Å². The molecule has 0 aromatic heterocycles. The van der Waals surface area contributed by atoms with Crippen molar-refractivity contribution in [2.45, 2.75) is 33.1 Å². The predicted molar refractivity (Wildman–Crippen MR) is 63.9 cm³/mol. The molecule has 2 heteroatoms. The highest BCUT2D eigenvalue weighted by molar-refractivity contribution is 6.31. The summed E-state index contributed by atoms with van der Waals surface area (Å²) in [5, 5.41) is 0.852. The van der Waals surface area contributed by atoms with Crippen molar-refractivity contribution < 1.29 is 4.74 Å². The first-order valence-electron chi connectivity index (χ1n) is 5.53. The molecular formula is C13H17ClO. The second kappa shape index (κ2) is 4.05. The summed E-state index contributed by atoms with van der Waals surface area (Å²) in [5.41, 5.74) is 2.51. The van der Waals surface area contributed by atoms with Crippen molar-refractivity contribution in [3.05, 3.63) is 28.3 Å². The van der Waals surface area contributed by atoms with E-state index in [2.05, 4.69) is 20.8 Å². The molecule has 0 bridgehead atoms. The van der Waals surface area contributed by atoms with Crippen molar-refractivity contribution in [2.75, 3.05) is 6.61 Å². The van der Waals surface area contributed by atoms with Crippen LogP contribution in [0.15, 0.2) is 12.1 Å². The number of hydrogen-bond donors (Lipinski definition) is 0. The fourth-order valence-corrected chi connectivity index (χ4v) is 2.54. The van der Waals surface area contributed by atoms with Gasteiger partial charge in [-0.2, -0.15) is 0 Å². The Labute approximate surface area is 96.4 Å². The third-order valence-electron chi connectivity index (χ3n) is 3.27. The SMILES string of the molecule is Cc1c(Cl)ccc2c1C(C(C)C)CCO2. The van der Waals surface area contributed by atoms with Crippen LogP contribution in [0.2, 0.25) is 5.02 Å². The normalized spacial score (nSPS) is 19.9. The van der Waals surface area contributed by atoms with Gasteiger partial charge in [-0.05, 0) is 42.9 Å². The number of halogens is 1. The largest absolute Gasteiger partial charge is 0.493 e. The van der Waals surface area contributed by atoms with E-state index >= 15 is 0 Å². The van der Waals surface area contributed by atoms with E-state index in [4.69, 9.17) is 16.3 Å². The highest BCUT2D eigenvalue weighted by atomic mass is 35.5. The lowest BCUT2D eigenvalue weighted by molar-refractivity contribution is 0.246. The lowest BCUT2D eigenvalue weighted by Crippen LogP contribution is -2.19. The maximum Gasteiger partial charge on any atom is 0.123 e. The first kappa shape index (κ1) is 10.8. The van der Waals surface area contributed by atoms with Crippen LogP contribution in [0.5, 0.6) is 5.75 Å². The van der Waals surface area contributed by atoms with Crippen LogP contribution in [-0.2, 0) is 0 Å². The Hall–Kier alpha value is -0.690. The number of benzene rings is 1. The van der Waals surface area contributed by atoms with E-state index in [1.54, 1.807) is 0 Å².